The van der Waals surface area contributed by atoms with Gasteiger partial charge in [0.15, 0.2) is 17.3 Å². The molecule has 3 aliphatic rings. The highest BCUT2D eigenvalue weighted by Crippen LogP contribution is 2.52. The second-order valence-corrected chi connectivity index (χ2v) is 11.3. The number of methoxy groups -OCH3 is 1. The number of carbonyl (C=O) groups excluding carboxylic acids is 2. The number of esters is 1. The van der Waals surface area contributed by atoms with Crippen molar-refractivity contribution < 1.29 is 23.8 Å². The van der Waals surface area contributed by atoms with Gasteiger partial charge in [0.05, 0.1) is 12.6 Å². The highest BCUT2D eigenvalue weighted by Gasteiger charge is 2.48. The lowest BCUT2D eigenvalue weighted by atomic mass is 9.66. The number of allylic oxidation sites excluding steroid dienone is 2. The zero-order valence-corrected chi connectivity index (χ0v) is 23.9. The number of ether oxygens (including phenoxy) is 3. The van der Waals surface area contributed by atoms with E-state index in [1.165, 1.54) is 7.11 Å². The van der Waals surface area contributed by atoms with E-state index in [-0.39, 0.29) is 12.6 Å². The number of Topliss-reactive ketones (excluding diaryl/α,β-unsaturated/α-hetero) is 1. The molecule has 0 fully saturated rings. The van der Waals surface area contributed by atoms with Gasteiger partial charge < -0.3 is 19.5 Å². The molecule has 2 aliphatic heterocycles. The van der Waals surface area contributed by atoms with Gasteiger partial charge in [-0.2, -0.15) is 0 Å². The van der Waals surface area contributed by atoms with E-state index in [0.717, 1.165) is 50.1 Å². The molecule has 3 heterocycles. The molecule has 1 N–H and O–H groups in total. The maximum atomic E-state index is 14.7. The van der Waals surface area contributed by atoms with Gasteiger partial charge in [-0.15, -0.1) is 0 Å². The minimum absolute atomic E-state index is 0.143. The topological polar surface area (TPSA) is 86.8 Å². The molecular weight excluding hydrogens is 552 g/mol. The first-order valence-corrected chi connectivity index (χ1v) is 14.7. The molecule has 0 saturated carbocycles. The number of hydrogen-bond donors (Lipinski definition) is 1. The number of carbonyl (C=O) groups is 2. The fraction of sp³-hybridized carbons (Fsp3) is 0.162. The van der Waals surface area contributed by atoms with E-state index in [0.29, 0.717) is 23.5 Å². The van der Waals surface area contributed by atoms with Crippen molar-refractivity contribution in [2.24, 2.45) is 5.92 Å². The summed E-state index contributed by atoms with van der Waals surface area (Å²) in [5.74, 6) is -1.39. The van der Waals surface area contributed by atoms with Crippen LogP contribution in [0.15, 0.2) is 115 Å². The van der Waals surface area contributed by atoms with Gasteiger partial charge in [-0.25, -0.2) is 0 Å². The zero-order chi connectivity index (χ0) is 29.8. The van der Waals surface area contributed by atoms with Crippen molar-refractivity contribution in [2.75, 3.05) is 19.2 Å². The van der Waals surface area contributed by atoms with Crippen LogP contribution in [0.5, 0.6) is 11.5 Å². The molecule has 0 spiro atoms. The van der Waals surface area contributed by atoms with E-state index < -0.39 is 23.7 Å². The molecule has 0 saturated heterocycles. The number of fused-ring (bicyclic) bond motifs is 4. The van der Waals surface area contributed by atoms with E-state index in [1.54, 1.807) is 6.20 Å². The van der Waals surface area contributed by atoms with Crippen molar-refractivity contribution in [3.63, 3.8) is 0 Å². The Labute approximate surface area is 254 Å². The Bertz CT molecular complexity index is 1980. The molecule has 0 amide bonds. The van der Waals surface area contributed by atoms with Gasteiger partial charge in [0, 0.05) is 40.4 Å². The summed E-state index contributed by atoms with van der Waals surface area (Å²) in [6, 6.07) is 32.2. The van der Waals surface area contributed by atoms with Gasteiger partial charge in [-0.05, 0) is 64.6 Å². The summed E-state index contributed by atoms with van der Waals surface area (Å²) in [5, 5.41) is 4.57. The first-order valence-electron chi connectivity index (χ1n) is 14.7. The Kier molecular flexibility index (Phi) is 6.19. The van der Waals surface area contributed by atoms with Crippen molar-refractivity contribution >= 4 is 28.3 Å². The van der Waals surface area contributed by atoms with Crippen LogP contribution in [0.1, 0.15) is 34.9 Å². The molecule has 8 rings (SSSR count). The Morgan fingerprint density at radius 1 is 0.864 bits per heavy atom. The van der Waals surface area contributed by atoms with Crippen molar-refractivity contribution in [3.05, 3.63) is 131 Å². The van der Waals surface area contributed by atoms with Crippen molar-refractivity contribution in [3.8, 4) is 22.6 Å². The summed E-state index contributed by atoms with van der Waals surface area (Å²) in [6.45, 7) is 0.143. The monoisotopic (exact) mass is 580 g/mol. The van der Waals surface area contributed by atoms with E-state index in [2.05, 4.69) is 46.7 Å². The third kappa shape index (κ3) is 4.15. The van der Waals surface area contributed by atoms with Gasteiger partial charge in [-0.3, -0.25) is 14.6 Å². The number of hydrogen-bond acceptors (Lipinski definition) is 7. The molecule has 4 aromatic carbocycles. The molecule has 1 aliphatic carbocycles. The summed E-state index contributed by atoms with van der Waals surface area (Å²) in [5.41, 5.74) is 8.13. The standard InChI is InChI=1S/C37H28N2O5/c1-42-37(41)34-26(24-13-16-30-31(18-24)44-20-43-30)19-29-35(36(34)40)32(23-11-9-22(10-12-23)21-6-3-2-4-7-21)33-25-8-5-17-38-27(25)14-15-28(33)39-29/h2-18,26,32,34,39H,19-20H2,1H3. The summed E-state index contributed by atoms with van der Waals surface area (Å²) in [7, 11) is 1.34. The maximum absolute atomic E-state index is 14.7. The lowest BCUT2D eigenvalue weighted by molar-refractivity contribution is -0.149. The molecule has 3 unspecified atom stereocenters. The molecule has 0 bridgehead atoms. The van der Waals surface area contributed by atoms with Crippen LogP contribution in [0.2, 0.25) is 0 Å². The van der Waals surface area contributed by atoms with E-state index in [9.17, 15) is 9.59 Å². The Morgan fingerprint density at radius 3 is 2.45 bits per heavy atom. The van der Waals surface area contributed by atoms with Gasteiger partial charge in [0.1, 0.15) is 5.92 Å². The molecule has 1 aromatic heterocycles. The summed E-state index contributed by atoms with van der Waals surface area (Å²) < 4.78 is 16.4. The first-order chi connectivity index (χ1) is 21.6. The van der Waals surface area contributed by atoms with Crippen LogP contribution in [0.3, 0.4) is 0 Å². The largest absolute Gasteiger partial charge is 0.468 e. The molecule has 216 valence electrons. The van der Waals surface area contributed by atoms with Gasteiger partial charge in [-0.1, -0.05) is 66.7 Å². The Balaban J connectivity index is 1.31. The zero-order valence-electron chi connectivity index (χ0n) is 23.9. The molecule has 5 aromatic rings. The van der Waals surface area contributed by atoms with Gasteiger partial charge in [0.2, 0.25) is 6.79 Å². The average molecular weight is 581 g/mol. The highest BCUT2D eigenvalue weighted by atomic mass is 16.7. The highest BCUT2D eigenvalue weighted by molar-refractivity contribution is 6.13. The number of aromatic nitrogens is 1. The van der Waals surface area contributed by atoms with Crippen LogP contribution in [-0.4, -0.2) is 30.6 Å². The summed E-state index contributed by atoms with van der Waals surface area (Å²) in [6.07, 6.45) is 2.22. The smallest absolute Gasteiger partial charge is 0.317 e. The van der Waals surface area contributed by atoms with Crippen molar-refractivity contribution in [1.29, 1.82) is 0 Å². The normalized spacial score (nSPS) is 20.1. The minimum atomic E-state index is -1.01. The molecule has 0 radical (unpaired) electrons. The lowest BCUT2D eigenvalue weighted by Crippen LogP contribution is -2.40. The van der Waals surface area contributed by atoms with Crippen LogP contribution in [0.4, 0.5) is 5.69 Å². The Hall–Kier alpha value is -5.43. The SMILES string of the molecule is COC(=O)C1C(=O)C2=C(CC1c1ccc3c(c1)OCO3)Nc1ccc3ncccc3c1C2c1ccc(-c2ccccc2)cc1. The number of nitrogens with zero attached hydrogens (tertiary/aromatic N) is 1. The number of rotatable bonds is 4. The predicted octanol–water partition coefficient (Wildman–Crippen LogP) is 6.99. The second-order valence-electron chi connectivity index (χ2n) is 11.3. The predicted molar refractivity (Wildman–Crippen MR) is 167 cm³/mol. The number of anilines is 1. The van der Waals surface area contributed by atoms with Crippen LogP contribution in [-0.2, 0) is 14.3 Å². The van der Waals surface area contributed by atoms with Crippen molar-refractivity contribution in [1.82, 2.24) is 4.98 Å². The van der Waals surface area contributed by atoms with Crippen LogP contribution in [0, 0.1) is 5.92 Å². The molecule has 7 nitrogen and oxygen atoms in total. The molecule has 44 heavy (non-hydrogen) atoms. The van der Waals surface area contributed by atoms with Crippen LogP contribution < -0.4 is 14.8 Å². The van der Waals surface area contributed by atoms with Gasteiger partial charge in [0.25, 0.3) is 0 Å². The first kappa shape index (κ1) is 26.2. The van der Waals surface area contributed by atoms with E-state index in [4.69, 9.17) is 14.2 Å². The molecule has 3 atom stereocenters. The number of benzene rings is 4. The average Bonchev–Trinajstić information content (AvgIpc) is 3.55. The second kappa shape index (κ2) is 10.4. The van der Waals surface area contributed by atoms with E-state index in [1.807, 2.05) is 60.7 Å². The van der Waals surface area contributed by atoms with Gasteiger partial charge >= 0.3 is 5.97 Å². The van der Waals surface area contributed by atoms with Crippen LogP contribution in [0.25, 0.3) is 22.0 Å². The fourth-order valence-electron chi connectivity index (χ4n) is 6.97. The summed E-state index contributed by atoms with van der Waals surface area (Å²) in [4.78, 5) is 32.8. The summed E-state index contributed by atoms with van der Waals surface area (Å²) >= 11 is 0. The number of nitrogens with one attached hydrogen (secondary N) is 1. The maximum Gasteiger partial charge on any atom is 0.317 e. The van der Waals surface area contributed by atoms with Crippen LogP contribution >= 0.6 is 0 Å². The van der Waals surface area contributed by atoms with E-state index >= 15 is 0 Å². The fourth-order valence-corrected chi connectivity index (χ4v) is 6.97. The third-order valence-corrected chi connectivity index (χ3v) is 9.02. The molecular formula is C37H28N2O5. The number of pyridine rings is 1. The Morgan fingerprint density at radius 2 is 1.64 bits per heavy atom. The third-order valence-electron chi connectivity index (χ3n) is 9.02. The minimum Gasteiger partial charge on any atom is -0.468 e. The quantitative estimate of drug-likeness (QED) is 0.181. The lowest BCUT2D eigenvalue weighted by Gasteiger charge is -2.40. The molecule has 7 heteroatoms. The van der Waals surface area contributed by atoms with Crippen molar-refractivity contribution in [2.45, 2.75) is 18.3 Å². The number of ketones is 1.